The fourth-order valence-corrected chi connectivity index (χ4v) is 3.35. The molecule has 0 saturated carbocycles. The van der Waals surface area contributed by atoms with Crippen LogP contribution in [-0.2, 0) is 13.0 Å². The molecule has 1 unspecified atom stereocenters. The highest BCUT2D eigenvalue weighted by Gasteiger charge is 2.17. The van der Waals surface area contributed by atoms with E-state index in [1.165, 1.54) is 0 Å². The lowest BCUT2D eigenvalue weighted by molar-refractivity contribution is 0.276. The first-order valence-electron chi connectivity index (χ1n) is 9.79. The maximum atomic E-state index is 10.5. The Labute approximate surface area is 167 Å². The Morgan fingerprint density at radius 2 is 1.96 bits per heavy atom. The Morgan fingerprint density at radius 3 is 2.57 bits per heavy atom. The summed E-state index contributed by atoms with van der Waals surface area (Å²) in [5, 5.41) is 23.3. The van der Waals surface area contributed by atoms with E-state index >= 15 is 0 Å². The van der Waals surface area contributed by atoms with E-state index in [1.807, 2.05) is 39.2 Å². The van der Waals surface area contributed by atoms with Crippen molar-refractivity contribution in [1.29, 1.82) is 0 Å². The second-order valence-corrected chi connectivity index (χ2v) is 7.51. The molecule has 1 aromatic carbocycles. The van der Waals surface area contributed by atoms with Crippen LogP contribution in [0.1, 0.15) is 48.6 Å². The highest BCUT2D eigenvalue weighted by molar-refractivity contribution is 5.53. The SMILES string of the molecule is CCCC(CCO)Nc1nc(N)nc(C)c1Cc1ccc(CN(C)C)cc1O. The number of nitrogens with one attached hydrogen (secondary N) is 1. The molecule has 0 bridgehead atoms. The summed E-state index contributed by atoms with van der Waals surface area (Å²) in [6, 6.07) is 5.90. The van der Waals surface area contributed by atoms with Gasteiger partial charge in [-0.05, 0) is 51.1 Å². The predicted octanol–water partition coefficient (Wildman–Crippen LogP) is 2.69. The highest BCUT2D eigenvalue weighted by atomic mass is 16.3. The average Bonchev–Trinajstić information content (AvgIpc) is 2.59. The summed E-state index contributed by atoms with van der Waals surface area (Å²) in [5.41, 5.74) is 9.44. The van der Waals surface area contributed by atoms with E-state index in [0.717, 1.165) is 41.8 Å². The minimum absolute atomic E-state index is 0.110. The number of aromatic nitrogens is 2. The van der Waals surface area contributed by atoms with Crippen LogP contribution in [-0.4, -0.2) is 51.8 Å². The predicted molar refractivity (Wildman–Crippen MR) is 114 cm³/mol. The lowest BCUT2D eigenvalue weighted by atomic mass is 10.0. The van der Waals surface area contributed by atoms with Crippen LogP contribution in [0.3, 0.4) is 0 Å². The molecule has 1 atom stereocenters. The Hall–Kier alpha value is -2.38. The molecule has 0 saturated heterocycles. The van der Waals surface area contributed by atoms with Crippen LogP contribution in [0.25, 0.3) is 0 Å². The first-order chi connectivity index (χ1) is 13.3. The molecule has 0 aliphatic heterocycles. The third kappa shape index (κ3) is 6.07. The van der Waals surface area contributed by atoms with Crippen LogP contribution in [0.15, 0.2) is 18.2 Å². The summed E-state index contributed by atoms with van der Waals surface area (Å²) in [6.45, 7) is 4.89. The van der Waals surface area contributed by atoms with Gasteiger partial charge in [0, 0.05) is 36.9 Å². The minimum atomic E-state index is 0.110. The molecule has 0 amide bonds. The quantitative estimate of drug-likeness (QED) is 0.496. The number of aryl methyl sites for hydroxylation is 1. The largest absolute Gasteiger partial charge is 0.508 e. The maximum absolute atomic E-state index is 10.5. The number of aromatic hydroxyl groups is 1. The molecule has 7 heteroatoms. The van der Waals surface area contributed by atoms with E-state index in [9.17, 15) is 10.2 Å². The summed E-state index contributed by atoms with van der Waals surface area (Å²) in [6.07, 6.45) is 3.06. The molecule has 0 spiro atoms. The number of hydrogen-bond donors (Lipinski definition) is 4. The highest BCUT2D eigenvalue weighted by Crippen LogP contribution is 2.28. The maximum Gasteiger partial charge on any atom is 0.222 e. The van der Waals surface area contributed by atoms with Gasteiger partial charge in [0.05, 0.1) is 0 Å². The number of phenolic OH excluding ortho intramolecular Hbond substituents is 1. The van der Waals surface area contributed by atoms with E-state index in [4.69, 9.17) is 5.73 Å². The summed E-state index contributed by atoms with van der Waals surface area (Å²) in [5.74, 6) is 1.16. The summed E-state index contributed by atoms with van der Waals surface area (Å²) < 4.78 is 0. The van der Waals surface area contributed by atoms with Crippen LogP contribution < -0.4 is 11.1 Å². The monoisotopic (exact) mass is 387 g/mol. The fourth-order valence-electron chi connectivity index (χ4n) is 3.35. The molecule has 1 heterocycles. The van der Waals surface area contributed by atoms with Gasteiger partial charge in [-0.2, -0.15) is 4.98 Å². The standard InChI is InChI=1S/C21H33N5O2/c1-5-6-17(9-10-27)24-20-18(14(2)23-21(22)25-20)12-16-8-7-15(11-19(16)28)13-26(3)4/h7-8,11,17,27-28H,5-6,9-10,12-13H2,1-4H3,(H3,22,23,24,25). The normalized spacial score (nSPS) is 12.4. The van der Waals surface area contributed by atoms with Crippen LogP contribution in [0.2, 0.25) is 0 Å². The number of nitrogens with two attached hydrogens (primary N) is 1. The Balaban J connectivity index is 2.32. The van der Waals surface area contributed by atoms with Crippen molar-refractivity contribution in [3.8, 4) is 5.75 Å². The van der Waals surface area contributed by atoms with Gasteiger partial charge in [-0.25, -0.2) is 4.98 Å². The number of benzene rings is 1. The van der Waals surface area contributed by atoms with Gasteiger partial charge in [-0.1, -0.05) is 25.5 Å². The molecule has 2 rings (SSSR count). The van der Waals surface area contributed by atoms with Crippen molar-refractivity contribution in [3.05, 3.63) is 40.6 Å². The van der Waals surface area contributed by atoms with Crippen molar-refractivity contribution >= 4 is 11.8 Å². The third-order valence-corrected chi connectivity index (χ3v) is 4.70. The Bertz CT molecular complexity index is 774. The van der Waals surface area contributed by atoms with Gasteiger partial charge in [0.2, 0.25) is 5.95 Å². The first kappa shape index (κ1) is 21.9. The molecule has 1 aromatic heterocycles. The number of nitrogens with zero attached hydrogens (tertiary/aromatic N) is 3. The zero-order valence-electron chi connectivity index (χ0n) is 17.4. The van der Waals surface area contributed by atoms with E-state index in [-0.39, 0.29) is 24.3 Å². The number of nitrogen functional groups attached to an aromatic ring is 1. The molecular weight excluding hydrogens is 354 g/mol. The van der Waals surface area contributed by atoms with Crippen LogP contribution in [0.4, 0.5) is 11.8 Å². The van der Waals surface area contributed by atoms with Gasteiger partial charge < -0.3 is 26.2 Å². The molecule has 0 fully saturated rings. The number of aliphatic hydroxyl groups excluding tert-OH is 1. The zero-order valence-corrected chi connectivity index (χ0v) is 17.4. The second-order valence-electron chi connectivity index (χ2n) is 7.51. The van der Waals surface area contributed by atoms with Gasteiger partial charge in [0.1, 0.15) is 11.6 Å². The van der Waals surface area contributed by atoms with Crippen molar-refractivity contribution in [3.63, 3.8) is 0 Å². The van der Waals surface area contributed by atoms with Gasteiger partial charge in [0.15, 0.2) is 0 Å². The lowest BCUT2D eigenvalue weighted by Gasteiger charge is -2.21. The summed E-state index contributed by atoms with van der Waals surface area (Å²) in [7, 11) is 3.99. The van der Waals surface area contributed by atoms with Crippen molar-refractivity contribution in [1.82, 2.24) is 14.9 Å². The number of rotatable bonds is 10. The second kappa shape index (κ2) is 10.2. The fraction of sp³-hybridized carbons (Fsp3) is 0.524. The van der Waals surface area contributed by atoms with Gasteiger partial charge >= 0.3 is 0 Å². The smallest absolute Gasteiger partial charge is 0.222 e. The van der Waals surface area contributed by atoms with E-state index < -0.39 is 0 Å². The molecular formula is C21H33N5O2. The summed E-state index contributed by atoms with van der Waals surface area (Å²) in [4.78, 5) is 10.8. The number of anilines is 2. The van der Waals surface area contributed by atoms with E-state index in [1.54, 1.807) is 0 Å². The summed E-state index contributed by atoms with van der Waals surface area (Å²) >= 11 is 0. The minimum Gasteiger partial charge on any atom is -0.508 e. The van der Waals surface area contributed by atoms with Crippen molar-refractivity contribution < 1.29 is 10.2 Å². The topological polar surface area (TPSA) is 108 Å². The molecule has 0 radical (unpaired) electrons. The van der Waals surface area contributed by atoms with Crippen LogP contribution >= 0.6 is 0 Å². The van der Waals surface area contributed by atoms with Gasteiger partial charge in [-0.15, -0.1) is 0 Å². The van der Waals surface area contributed by atoms with Crippen molar-refractivity contribution in [2.75, 3.05) is 31.8 Å². The van der Waals surface area contributed by atoms with E-state index in [0.29, 0.717) is 18.7 Å². The number of aliphatic hydroxyl groups is 1. The molecule has 0 aliphatic rings. The Kier molecular flexibility index (Phi) is 8.02. The first-order valence-corrected chi connectivity index (χ1v) is 9.79. The lowest BCUT2D eigenvalue weighted by Crippen LogP contribution is -2.23. The van der Waals surface area contributed by atoms with E-state index in [2.05, 4.69) is 27.1 Å². The van der Waals surface area contributed by atoms with Crippen LogP contribution in [0, 0.1) is 6.92 Å². The average molecular weight is 388 g/mol. The molecule has 7 nitrogen and oxygen atoms in total. The molecule has 2 aromatic rings. The van der Waals surface area contributed by atoms with Crippen molar-refractivity contribution in [2.24, 2.45) is 0 Å². The molecule has 154 valence electrons. The molecule has 28 heavy (non-hydrogen) atoms. The van der Waals surface area contributed by atoms with Gasteiger partial charge in [-0.3, -0.25) is 0 Å². The van der Waals surface area contributed by atoms with Crippen LogP contribution in [0.5, 0.6) is 5.75 Å². The third-order valence-electron chi connectivity index (χ3n) is 4.70. The Morgan fingerprint density at radius 1 is 1.21 bits per heavy atom. The van der Waals surface area contributed by atoms with Gasteiger partial charge in [0.25, 0.3) is 0 Å². The number of hydrogen-bond acceptors (Lipinski definition) is 7. The van der Waals surface area contributed by atoms with Crippen molar-refractivity contribution in [2.45, 2.75) is 52.1 Å². The number of phenols is 1. The molecule has 0 aliphatic carbocycles. The molecule has 5 N–H and O–H groups in total. The zero-order chi connectivity index (χ0) is 20.7.